The smallest absolute Gasteiger partial charge is 0.124 e. The van der Waals surface area contributed by atoms with Crippen molar-refractivity contribution in [2.45, 2.75) is 39.4 Å². The lowest BCUT2D eigenvalue weighted by molar-refractivity contribution is 0.0896. The highest BCUT2D eigenvalue weighted by molar-refractivity contribution is 5.40. The highest BCUT2D eigenvalue weighted by Gasteiger charge is 2.15. The molecule has 0 N–H and O–H groups in total. The van der Waals surface area contributed by atoms with E-state index in [0.717, 1.165) is 75.1 Å². The summed E-state index contributed by atoms with van der Waals surface area (Å²) < 4.78 is 19.4. The van der Waals surface area contributed by atoms with E-state index >= 15 is 0 Å². The molecule has 1 aromatic heterocycles. The largest absolute Gasteiger partial charge is 0.497 e. The minimum atomic E-state index is 0.711. The van der Waals surface area contributed by atoms with E-state index in [-0.39, 0.29) is 0 Å². The van der Waals surface area contributed by atoms with Crippen molar-refractivity contribution in [3.8, 4) is 11.5 Å². The molecule has 0 amide bonds. The predicted molar refractivity (Wildman–Crippen MR) is 101 cm³/mol. The van der Waals surface area contributed by atoms with E-state index in [9.17, 15) is 0 Å². The van der Waals surface area contributed by atoms with E-state index < -0.39 is 0 Å². The zero-order chi connectivity index (χ0) is 18.2. The molecular formula is C20H29N3O3. The number of benzene rings is 1. The molecule has 1 aliphatic rings. The number of nitrogens with zero attached hydrogens (tertiary/aromatic N) is 3. The average Bonchev–Trinajstić information content (AvgIpc) is 3.10. The summed E-state index contributed by atoms with van der Waals surface area (Å²) in [5.74, 6) is 2.87. The molecule has 0 saturated carbocycles. The normalized spacial score (nSPS) is 16.8. The van der Waals surface area contributed by atoms with Gasteiger partial charge in [0.05, 0.1) is 26.9 Å². The number of aryl methyl sites for hydroxylation is 1. The van der Waals surface area contributed by atoms with Crippen molar-refractivity contribution < 1.29 is 14.2 Å². The van der Waals surface area contributed by atoms with Gasteiger partial charge in [-0.15, -0.1) is 0 Å². The summed E-state index contributed by atoms with van der Waals surface area (Å²) >= 11 is 0. The number of hydrogen-bond donors (Lipinski definition) is 0. The van der Waals surface area contributed by atoms with Crippen molar-refractivity contribution in [3.05, 3.63) is 42.0 Å². The van der Waals surface area contributed by atoms with E-state index in [1.807, 2.05) is 24.5 Å². The van der Waals surface area contributed by atoms with Crippen LogP contribution in [-0.4, -0.2) is 47.9 Å². The molecule has 142 valence electrons. The minimum absolute atomic E-state index is 0.711. The maximum absolute atomic E-state index is 6.03. The van der Waals surface area contributed by atoms with Gasteiger partial charge >= 0.3 is 0 Å². The van der Waals surface area contributed by atoms with Gasteiger partial charge in [0.15, 0.2) is 0 Å². The molecular weight excluding hydrogens is 330 g/mol. The monoisotopic (exact) mass is 359 g/mol. The summed E-state index contributed by atoms with van der Waals surface area (Å²) in [5.41, 5.74) is 1.14. The van der Waals surface area contributed by atoms with Gasteiger partial charge in [0, 0.05) is 44.2 Å². The molecule has 1 aliphatic heterocycles. The van der Waals surface area contributed by atoms with Crippen LogP contribution in [0.25, 0.3) is 0 Å². The van der Waals surface area contributed by atoms with Gasteiger partial charge in [0.2, 0.25) is 0 Å². The Balaban J connectivity index is 1.82. The SMILES string of the molecule is CCn1ccnc1CN1CCOCCCCOc2ccc(OC)cc2C1. The lowest BCUT2D eigenvalue weighted by Crippen LogP contribution is -2.29. The number of rotatable bonds is 4. The molecule has 0 unspecified atom stereocenters. The van der Waals surface area contributed by atoms with Crippen LogP contribution >= 0.6 is 0 Å². The molecule has 26 heavy (non-hydrogen) atoms. The quantitative estimate of drug-likeness (QED) is 0.839. The Labute approximate surface area is 155 Å². The van der Waals surface area contributed by atoms with Gasteiger partial charge in [-0.25, -0.2) is 4.98 Å². The van der Waals surface area contributed by atoms with Crippen LogP contribution in [0.2, 0.25) is 0 Å². The molecule has 0 fully saturated rings. The molecule has 0 spiro atoms. The van der Waals surface area contributed by atoms with Gasteiger partial charge in [0.25, 0.3) is 0 Å². The van der Waals surface area contributed by atoms with Crippen LogP contribution in [0.15, 0.2) is 30.6 Å². The van der Waals surface area contributed by atoms with E-state index in [4.69, 9.17) is 14.2 Å². The van der Waals surface area contributed by atoms with E-state index in [1.54, 1.807) is 7.11 Å². The van der Waals surface area contributed by atoms with Crippen molar-refractivity contribution in [1.82, 2.24) is 14.5 Å². The molecule has 0 bridgehead atoms. The van der Waals surface area contributed by atoms with Crippen molar-refractivity contribution in [1.29, 1.82) is 0 Å². The Morgan fingerprint density at radius 3 is 2.92 bits per heavy atom. The Morgan fingerprint density at radius 2 is 2.08 bits per heavy atom. The van der Waals surface area contributed by atoms with E-state index in [2.05, 4.69) is 27.4 Å². The summed E-state index contributed by atoms with van der Waals surface area (Å²) in [7, 11) is 1.70. The van der Waals surface area contributed by atoms with Crippen LogP contribution in [0.1, 0.15) is 31.2 Å². The van der Waals surface area contributed by atoms with Gasteiger partial charge in [-0.3, -0.25) is 4.90 Å². The number of imidazole rings is 1. The standard InChI is InChI=1S/C20H29N3O3/c1-3-23-9-8-21-20(23)16-22-10-13-25-11-4-5-12-26-19-7-6-18(24-2)14-17(19)15-22/h6-9,14H,3-5,10-13,15-16H2,1-2H3. The predicted octanol–water partition coefficient (Wildman–Crippen LogP) is 3.10. The zero-order valence-electron chi connectivity index (χ0n) is 15.8. The van der Waals surface area contributed by atoms with Crippen LogP contribution in [0, 0.1) is 0 Å². The number of methoxy groups -OCH3 is 1. The van der Waals surface area contributed by atoms with Crippen LogP contribution in [0.5, 0.6) is 11.5 Å². The summed E-state index contributed by atoms with van der Waals surface area (Å²) in [4.78, 5) is 6.88. The van der Waals surface area contributed by atoms with Crippen molar-refractivity contribution in [3.63, 3.8) is 0 Å². The molecule has 2 heterocycles. The minimum Gasteiger partial charge on any atom is -0.497 e. The number of fused-ring (bicyclic) bond motifs is 1. The number of ether oxygens (including phenoxy) is 3. The first kappa shape index (κ1) is 18.7. The topological polar surface area (TPSA) is 48.8 Å². The molecule has 0 atom stereocenters. The first-order chi connectivity index (χ1) is 12.8. The average molecular weight is 359 g/mol. The summed E-state index contributed by atoms with van der Waals surface area (Å²) in [6.07, 6.45) is 5.92. The summed E-state index contributed by atoms with van der Waals surface area (Å²) in [5, 5.41) is 0. The molecule has 1 aromatic carbocycles. The second kappa shape index (κ2) is 9.59. The number of hydrogen-bond acceptors (Lipinski definition) is 5. The third-order valence-electron chi connectivity index (χ3n) is 4.66. The Kier molecular flexibility index (Phi) is 6.91. The van der Waals surface area contributed by atoms with Gasteiger partial charge in [0.1, 0.15) is 17.3 Å². The molecule has 0 radical (unpaired) electrons. The first-order valence-electron chi connectivity index (χ1n) is 9.40. The maximum atomic E-state index is 6.03. The van der Waals surface area contributed by atoms with Crippen LogP contribution in [0.3, 0.4) is 0 Å². The van der Waals surface area contributed by atoms with Crippen LogP contribution < -0.4 is 9.47 Å². The van der Waals surface area contributed by atoms with Gasteiger partial charge < -0.3 is 18.8 Å². The third kappa shape index (κ3) is 4.99. The third-order valence-corrected chi connectivity index (χ3v) is 4.66. The van der Waals surface area contributed by atoms with Crippen molar-refractivity contribution >= 4 is 0 Å². The second-order valence-electron chi connectivity index (χ2n) is 6.48. The fraction of sp³-hybridized carbons (Fsp3) is 0.550. The molecule has 6 nitrogen and oxygen atoms in total. The van der Waals surface area contributed by atoms with Crippen molar-refractivity contribution in [2.24, 2.45) is 0 Å². The van der Waals surface area contributed by atoms with E-state index in [1.165, 1.54) is 0 Å². The second-order valence-corrected chi connectivity index (χ2v) is 6.48. The maximum Gasteiger partial charge on any atom is 0.124 e. The Morgan fingerprint density at radius 1 is 1.19 bits per heavy atom. The zero-order valence-corrected chi connectivity index (χ0v) is 15.8. The van der Waals surface area contributed by atoms with Gasteiger partial charge in [-0.1, -0.05) is 0 Å². The van der Waals surface area contributed by atoms with Crippen molar-refractivity contribution in [2.75, 3.05) is 33.5 Å². The van der Waals surface area contributed by atoms with Gasteiger partial charge in [-0.2, -0.15) is 0 Å². The Hall–Kier alpha value is -2.05. The molecule has 6 heteroatoms. The molecule has 0 aliphatic carbocycles. The first-order valence-corrected chi connectivity index (χ1v) is 9.40. The highest BCUT2D eigenvalue weighted by atomic mass is 16.5. The Bertz CT molecular complexity index is 687. The van der Waals surface area contributed by atoms with Gasteiger partial charge in [-0.05, 0) is 38.0 Å². The lowest BCUT2D eigenvalue weighted by Gasteiger charge is -2.24. The molecule has 0 saturated heterocycles. The summed E-state index contributed by atoms with van der Waals surface area (Å²) in [6.45, 7) is 7.69. The number of aromatic nitrogens is 2. The lowest BCUT2D eigenvalue weighted by atomic mass is 10.1. The highest BCUT2D eigenvalue weighted by Crippen LogP contribution is 2.26. The van der Waals surface area contributed by atoms with Crippen LogP contribution in [0.4, 0.5) is 0 Å². The molecule has 3 rings (SSSR count). The fourth-order valence-electron chi connectivity index (χ4n) is 3.17. The van der Waals surface area contributed by atoms with Crippen LogP contribution in [-0.2, 0) is 24.4 Å². The fourth-order valence-corrected chi connectivity index (χ4v) is 3.17. The summed E-state index contributed by atoms with van der Waals surface area (Å²) in [6, 6.07) is 6.05. The van der Waals surface area contributed by atoms with E-state index in [0.29, 0.717) is 6.61 Å². The molecule has 2 aromatic rings.